The van der Waals surface area contributed by atoms with Gasteiger partial charge in [0.1, 0.15) is 0 Å². The number of aliphatic hydroxyl groups excluding tert-OH is 1. The third kappa shape index (κ3) is 6.00. The second kappa shape index (κ2) is 7.36. The third-order valence-electron chi connectivity index (χ3n) is 2.43. The van der Waals surface area contributed by atoms with E-state index in [1.54, 1.807) is 31.2 Å². The van der Waals surface area contributed by atoms with Crippen molar-refractivity contribution < 1.29 is 9.90 Å². The summed E-state index contributed by atoms with van der Waals surface area (Å²) >= 11 is 5.75. The maximum absolute atomic E-state index is 11.6. The summed E-state index contributed by atoms with van der Waals surface area (Å²) in [7, 11) is 0. The van der Waals surface area contributed by atoms with Crippen molar-refractivity contribution >= 4 is 23.2 Å². The molecule has 0 aromatic heterocycles. The third-order valence-corrected chi connectivity index (χ3v) is 2.69. The fourth-order valence-electron chi connectivity index (χ4n) is 1.60. The van der Waals surface area contributed by atoms with Gasteiger partial charge in [0, 0.05) is 16.8 Å². The van der Waals surface area contributed by atoms with Crippen LogP contribution in [-0.2, 0) is 4.79 Å². The Morgan fingerprint density at radius 2 is 1.94 bits per heavy atom. The summed E-state index contributed by atoms with van der Waals surface area (Å²) in [6.07, 6.45) is 0.251. The fourth-order valence-corrected chi connectivity index (χ4v) is 1.73. The summed E-state index contributed by atoms with van der Waals surface area (Å²) in [5, 5.41) is 15.6. The van der Waals surface area contributed by atoms with Crippen LogP contribution in [-0.4, -0.2) is 29.7 Å². The Bertz CT molecular complexity index is 379. The Hall–Kier alpha value is -1.10. The zero-order valence-corrected chi connectivity index (χ0v) is 11.4. The van der Waals surface area contributed by atoms with Gasteiger partial charge in [0.25, 0.3) is 0 Å². The first-order valence-electron chi connectivity index (χ1n) is 5.94. The number of rotatable bonds is 6. The molecule has 3 N–H and O–H groups in total. The molecule has 1 aromatic carbocycles. The summed E-state index contributed by atoms with van der Waals surface area (Å²) < 4.78 is 0. The SMILES string of the molecule is CC(O)CC(C)NCC(=O)Nc1ccc(Cl)cc1. The van der Waals surface area contributed by atoms with Crippen molar-refractivity contribution in [2.75, 3.05) is 11.9 Å². The average Bonchev–Trinajstić information content (AvgIpc) is 2.29. The van der Waals surface area contributed by atoms with Crippen LogP contribution in [0.3, 0.4) is 0 Å². The molecule has 5 heteroatoms. The standard InChI is InChI=1S/C13H19ClN2O2/c1-9(7-10(2)17)15-8-13(18)16-12-5-3-11(14)4-6-12/h3-6,9-10,15,17H,7-8H2,1-2H3,(H,16,18). The van der Waals surface area contributed by atoms with Gasteiger partial charge in [0.15, 0.2) is 0 Å². The second-order valence-corrected chi connectivity index (χ2v) is 4.86. The topological polar surface area (TPSA) is 61.4 Å². The van der Waals surface area contributed by atoms with Crippen molar-refractivity contribution in [3.05, 3.63) is 29.3 Å². The number of anilines is 1. The number of hydrogen-bond donors (Lipinski definition) is 3. The second-order valence-electron chi connectivity index (χ2n) is 4.42. The summed E-state index contributed by atoms with van der Waals surface area (Å²) in [6, 6.07) is 7.04. The molecule has 2 unspecified atom stereocenters. The van der Waals surface area contributed by atoms with Crippen LogP contribution in [0.25, 0.3) is 0 Å². The van der Waals surface area contributed by atoms with Crippen LogP contribution < -0.4 is 10.6 Å². The van der Waals surface area contributed by atoms with Crippen molar-refractivity contribution in [2.24, 2.45) is 0 Å². The Kier molecular flexibility index (Phi) is 6.12. The highest BCUT2D eigenvalue weighted by Gasteiger charge is 2.08. The Balaban J connectivity index is 2.31. The normalized spacial score (nSPS) is 14.0. The number of carbonyl (C=O) groups is 1. The first-order valence-corrected chi connectivity index (χ1v) is 6.32. The highest BCUT2D eigenvalue weighted by Crippen LogP contribution is 2.12. The zero-order chi connectivity index (χ0) is 13.5. The van der Waals surface area contributed by atoms with Crippen LogP contribution in [0.1, 0.15) is 20.3 Å². The molecule has 0 saturated carbocycles. The van der Waals surface area contributed by atoms with Crippen molar-refractivity contribution in [3.8, 4) is 0 Å². The molecule has 0 fully saturated rings. The summed E-state index contributed by atoms with van der Waals surface area (Å²) in [4.78, 5) is 11.6. The lowest BCUT2D eigenvalue weighted by atomic mass is 10.1. The molecule has 0 saturated heterocycles. The van der Waals surface area contributed by atoms with Gasteiger partial charge in [0.05, 0.1) is 12.6 Å². The molecule has 0 aliphatic rings. The lowest BCUT2D eigenvalue weighted by Crippen LogP contribution is -2.36. The van der Waals surface area contributed by atoms with Gasteiger partial charge in [-0.2, -0.15) is 0 Å². The average molecular weight is 271 g/mol. The minimum absolute atomic E-state index is 0.0981. The summed E-state index contributed by atoms with van der Waals surface area (Å²) in [5.74, 6) is -0.116. The number of aliphatic hydroxyl groups is 1. The number of hydrogen-bond acceptors (Lipinski definition) is 3. The van der Waals surface area contributed by atoms with Gasteiger partial charge in [-0.25, -0.2) is 0 Å². The highest BCUT2D eigenvalue weighted by atomic mass is 35.5. The number of benzene rings is 1. The highest BCUT2D eigenvalue weighted by molar-refractivity contribution is 6.30. The Labute approximate surface area is 112 Å². The molecular formula is C13H19ClN2O2. The molecule has 0 spiro atoms. The van der Waals surface area contributed by atoms with E-state index in [0.717, 1.165) is 5.69 Å². The molecule has 1 amide bonds. The van der Waals surface area contributed by atoms with Gasteiger partial charge in [0.2, 0.25) is 5.91 Å². The van der Waals surface area contributed by atoms with Crippen LogP contribution >= 0.6 is 11.6 Å². The first kappa shape index (κ1) is 15.0. The van der Waals surface area contributed by atoms with E-state index in [0.29, 0.717) is 11.4 Å². The Morgan fingerprint density at radius 1 is 1.33 bits per heavy atom. The van der Waals surface area contributed by atoms with E-state index >= 15 is 0 Å². The summed E-state index contributed by atoms with van der Waals surface area (Å²) in [5.41, 5.74) is 0.717. The number of nitrogens with one attached hydrogen (secondary N) is 2. The monoisotopic (exact) mass is 270 g/mol. The van der Waals surface area contributed by atoms with Crippen LogP contribution in [0.5, 0.6) is 0 Å². The summed E-state index contributed by atoms with van der Waals surface area (Å²) in [6.45, 7) is 3.88. The zero-order valence-electron chi connectivity index (χ0n) is 10.6. The van der Waals surface area contributed by atoms with Gasteiger partial charge in [-0.15, -0.1) is 0 Å². The molecule has 100 valence electrons. The van der Waals surface area contributed by atoms with Gasteiger partial charge >= 0.3 is 0 Å². The number of halogens is 1. The van der Waals surface area contributed by atoms with E-state index in [9.17, 15) is 9.90 Å². The minimum atomic E-state index is -0.369. The molecule has 0 heterocycles. The van der Waals surface area contributed by atoms with E-state index in [1.165, 1.54) is 0 Å². The van der Waals surface area contributed by atoms with E-state index in [1.807, 2.05) is 6.92 Å². The maximum atomic E-state index is 11.6. The predicted octanol–water partition coefficient (Wildman–Crippen LogP) is 2.03. The van der Waals surface area contributed by atoms with Crippen LogP contribution in [0.4, 0.5) is 5.69 Å². The molecule has 0 bridgehead atoms. The number of amides is 1. The quantitative estimate of drug-likeness (QED) is 0.741. The van der Waals surface area contributed by atoms with Gasteiger partial charge < -0.3 is 15.7 Å². The van der Waals surface area contributed by atoms with Gasteiger partial charge in [-0.05, 0) is 44.5 Å². The lowest BCUT2D eigenvalue weighted by molar-refractivity contribution is -0.115. The Morgan fingerprint density at radius 3 is 2.50 bits per heavy atom. The molecule has 1 rings (SSSR count). The predicted molar refractivity (Wildman–Crippen MR) is 73.8 cm³/mol. The van der Waals surface area contributed by atoms with E-state index in [-0.39, 0.29) is 24.6 Å². The molecule has 18 heavy (non-hydrogen) atoms. The van der Waals surface area contributed by atoms with Gasteiger partial charge in [-0.1, -0.05) is 11.6 Å². The molecule has 1 aromatic rings. The molecule has 4 nitrogen and oxygen atoms in total. The van der Waals surface area contributed by atoms with E-state index < -0.39 is 0 Å². The molecule has 0 aliphatic carbocycles. The minimum Gasteiger partial charge on any atom is -0.393 e. The van der Waals surface area contributed by atoms with E-state index in [2.05, 4.69) is 10.6 Å². The van der Waals surface area contributed by atoms with Crippen molar-refractivity contribution in [1.29, 1.82) is 0 Å². The van der Waals surface area contributed by atoms with Crippen LogP contribution in [0.15, 0.2) is 24.3 Å². The van der Waals surface area contributed by atoms with Gasteiger partial charge in [-0.3, -0.25) is 4.79 Å². The van der Waals surface area contributed by atoms with Crippen LogP contribution in [0.2, 0.25) is 5.02 Å². The fraction of sp³-hybridized carbons (Fsp3) is 0.462. The van der Waals surface area contributed by atoms with Crippen LogP contribution in [0, 0.1) is 0 Å². The van der Waals surface area contributed by atoms with E-state index in [4.69, 9.17) is 11.6 Å². The first-order chi connectivity index (χ1) is 8.47. The van der Waals surface area contributed by atoms with Crippen molar-refractivity contribution in [3.63, 3.8) is 0 Å². The van der Waals surface area contributed by atoms with Crippen molar-refractivity contribution in [2.45, 2.75) is 32.4 Å². The molecular weight excluding hydrogens is 252 g/mol. The van der Waals surface area contributed by atoms with Crippen molar-refractivity contribution in [1.82, 2.24) is 5.32 Å². The maximum Gasteiger partial charge on any atom is 0.238 e. The lowest BCUT2D eigenvalue weighted by Gasteiger charge is -2.15. The molecule has 0 aliphatic heterocycles. The molecule has 2 atom stereocenters. The number of carbonyl (C=O) groups excluding carboxylic acids is 1. The smallest absolute Gasteiger partial charge is 0.238 e. The largest absolute Gasteiger partial charge is 0.393 e. The molecule has 0 radical (unpaired) electrons.